The molecule has 128 valence electrons. The van der Waals surface area contributed by atoms with Crippen LogP contribution in [0, 0.1) is 0 Å². The summed E-state index contributed by atoms with van der Waals surface area (Å²) in [6.07, 6.45) is 2.86. The Morgan fingerprint density at radius 3 is 2.72 bits per heavy atom. The fourth-order valence-corrected chi connectivity index (χ4v) is 4.98. The number of rotatable bonds is 2. The number of hydrazine groups is 1. The van der Waals surface area contributed by atoms with E-state index in [4.69, 9.17) is 0 Å². The maximum Gasteiger partial charge on any atom is 0.226 e. The lowest BCUT2D eigenvalue weighted by atomic mass is 9.86. The Morgan fingerprint density at radius 2 is 1.88 bits per heavy atom. The lowest BCUT2D eigenvalue weighted by Crippen LogP contribution is -2.44. The first-order chi connectivity index (χ1) is 12.2. The molecule has 25 heavy (non-hydrogen) atoms. The topological polar surface area (TPSA) is 35.6 Å². The minimum Gasteiger partial charge on any atom is -0.324 e. The molecule has 2 unspecified atom stereocenters. The third-order valence-electron chi connectivity index (χ3n) is 5.85. The minimum atomic E-state index is 0.101. The SMILES string of the molecule is CCCC1c2ccccc2N2C1c1cccc3c1N2[C@H](C)CC(=O)N3. The summed E-state index contributed by atoms with van der Waals surface area (Å²) >= 11 is 0. The number of benzene rings is 2. The molecule has 4 heteroatoms. The zero-order valence-electron chi connectivity index (χ0n) is 14.7. The van der Waals surface area contributed by atoms with Crippen LogP contribution >= 0.6 is 0 Å². The van der Waals surface area contributed by atoms with E-state index in [-0.39, 0.29) is 11.9 Å². The third-order valence-corrected chi connectivity index (χ3v) is 5.85. The molecule has 3 aliphatic heterocycles. The number of amides is 1. The molecular formula is C21H23N3O. The summed E-state index contributed by atoms with van der Waals surface area (Å²) in [4.78, 5) is 12.3. The Morgan fingerprint density at radius 1 is 1.08 bits per heavy atom. The second-order valence-electron chi connectivity index (χ2n) is 7.43. The molecular weight excluding hydrogens is 310 g/mol. The van der Waals surface area contributed by atoms with Crippen molar-refractivity contribution in [2.24, 2.45) is 0 Å². The summed E-state index contributed by atoms with van der Waals surface area (Å²) < 4.78 is 0. The Hall–Kier alpha value is -2.49. The number of nitrogens with zero attached hydrogens (tertiary/aromatic N) is 2. The molecule has 0 spiro atoms. The van der Waals surface area contributed by atoms with Crippen LogP contribution in [0.2, 0.25) is 0 Å². The van der Waals surface area contributed by atoms with Crippen molar-refractivity contribution < 1.29 is 4.79 Å². The van der Waals surface area contributed by atoms with Crippen molar-refractivity contribution in [3.63, 3.8) is 0 Å². The molecule has 0 aromatic heterocycles. The molecule has 2 aromatic carbocycles. The minimum absolute atomic E-state index is 0.101. The van der Waals surface area contributed by atoms with Gasteiger partial charge < -0.3 is 5.32 Å². The number of fused-ring (bicyclic) bond motifs is 5. The summed E-state index contributed by atoms with van der Waals surface area (Å²) in [5, 5.41) is 7.96. The molecule has 0 saturated carbocycles. The average Bonchev–Trinajstić information content (AvgIpc) is 3.05. The van der Waals surface area contributed by atoms with Gasteiger partial charge in [0.25, 0.3) is 0 Å². The number of hydrogen-bond donors (Lipinski definition) is 1. The maximum absolute atomic E-state index is 12.3. The normalized spacial score (nSPS) is 26.0. The Balaban J connectivity index is 1.75. The van der Waals surface area contributed by atoms with Crippen LogP contribution < -0.4 is 15.3 Å². The summed E-state index contributed by atoms with van der Waals surface area (Å²) in [6.45, 7) is 4.42. The molecule has 1 N–H and O–H groups in total. The molecule has 0 saturated heterocycles. The molecule has 2 aromatic rings. The van der Waals surface area contributed by atoms with Gasteiger partial charge in [-0.3, -0.25) is 14.8 Å². The average molecular weight is 333 g/mol. The van der Waals surface area contributed by atoms with Crippen LogP contribution in [0.3, 0.4) is 0 Å². The Labute approximate surface area is 148 Å². The first-order valence-electron chi connectivity index (χ1n) is 9.30. The molecule has 0 radical (unpaired) electrons. The van der Waals surface area contributed by atoms with E-state index in [1.807, 2.05) is 6.07 Å². The lowest BCUT2D eigenvalue weighted by Gasteiger charge is -2.36. The van der Waals surface area contributed by atoms with Gasteiger partial charge in [0.1, 0.15) is 0 Å². The number of anilines is 3. The van der Waals surface area contributed by atoms with Gasteiger partial charge in [-0.15, -0.1) is 0 Å². The zero-order valence-corrected chi connectivity index (χ0v) is 14.7. The number of carbonyl (C=O) groups is 1. The molecule has 0 bridgehead atoms. The van der Waals surface area contributed by atoms with Crippen LogP contribution in [0.5, 0.6) is 0 Å². The van der Waals surface area contributed by atoms with E-state index in [9.17, 15) is 4.79 Å². The monoisotopic (exact) mass is 333 g/mol. The predicted molar refractivity (Wildman–Crippen MR) is 101 cm³/mol. The standard InChI is InChI=1S/C21H23N3O/c1-3-7-15-14-8-4-5-11-18(14)24-20(15)16-9-6-10-17-21(16)23(24)13(2)12-19(25)22-17/h4-6,8-11,13,15,20H,3,7,12H2,1-2H3,(H,22,25)/t13-,15?,20?/m1/s1. The highest BCUT2D eigenvalue weighted by Gasteiger charge is 2.50. The van der Waals surface area contributed by atoms with Gasteiger partial charge in [-0.25, -0.2) is 0 Å². The van der Waals surface area contributed by atoms with Crippen LogP contribution in [-0.2, 0) is 4.79 Å². The second-order valence-corrected chi connectivity index (χ2v) is 7.43. The van der Waals surface area contributed by atoms with Gasteiger partial charge in [0, 0.05) is 17.9 Å². The molecule has 3 atom stereocenters. The zero-order chi connectivity index (χ0) is 17.1. The van der Waals surface area contributed by atoms with Crippen molar-refractivity contribution in [1.82, 2.24) is 0 Å². The van der Waals surface area contributed by atoms with Gasteiger partial charge in [0.15, 0.2) is 0 Å². The molecule has 0 fully saturated rings. The number of carbonyl (C=O) groups excluding carboxylic acids is 1. The van der Waals surface area contributed by atoms with Crippen molar-refractivity contribution in [2.45, 2.75) is 51.1 Å². The highest BCUT2D eigenvalue weighted by atomic mass is 16.1. The lowest BCUT2D eigenvalue weighted by molar-refractivity contribution is -0.116. The maximum atomic E-state index is 12.3. The molecule has 5 rings (SSSR count). The fraction of sp³-hybridized carbons (Fsp3) is 0.381. The van der Waals surface area contributed by atoms with Crippen LogP contribution in [-0.4, -0.2) is 11.9 Å². The summed E-state index contributed by atoms with van der Waals surface area (Å²) in [6, 6.07) is 15.6. The van der Waals surface area contributed by atoms with Crippen LogP contribution in [0.25, 0.3) is 0 Å². The Bertz CT molecular complexity index is 862. The van der Waals surface area contributed by atoms with Gasteiger partial charge in [0.05, 0.1) is 29.1 Å². The highest BCUT2D eigenvalue weighted by Crippen LogP contribution is 2.60. The quantitative estimate of drug-likeness (QED) is 0.872. The van der Waals surface area contributed by atoms with Gasteiger partial charge in [-0.2, -0.15) is 0 Å². The first kappa shape index (κ1) is 14.8. The van der Waals surface area contributed by atoms with Crippen molar-refractivity contribution in [2.75, 3.05) is 15.3 Å². The van der Waals surface area contributed by atoms with E-state index >= 15 is 0 Å². The fourth-order valence-electron chi connectivity index (χ4n) is 4.98. The van der Waals surface area contributed by atoms with Crippen molar-refractivity contribution >= 4 is 23.0 Å². The van der Waals surface area contributed by atoms with Crippen molar-refractivity contribution in [1.29, 1.82) is 0 Å². The van der Waals surface area contributed by atoms with E-state index in [1.165, 1.54) is 35.3 Å². The molecule has 3 aliphatic rings. The number of nitrogens with one attached hydrogen (secondary N) is 1. The van der Waals surface area contributed by atoms with Crippen LogP contribution in [0.15, 0.2) is 42.5 Å². The Kier molecular flexibility index (Phi) is 3.11. The molecule has 0 aliphatic carbocycles. The van der Waals surface area contributed by atoms with E-state index in [1.54, 1.807) is 0 Å². The largest absolute Gasteiger partial charge is 0.324 e. The van der Waals surface area contributed by atoms with E-state index in [0.29, 0.717) is 18.4 Å². The summed E-state index contributed by atoms with van der Waals surface area (Å²) in [5.74, 6) is 0.604. The van der Waals surface area contributed by atoms with Gasteiger partial charge in [0.2, 0.25) is 5.91 Å². The van der Waals surface area contributed by atoms with Crippen molar-refractivity contribution in [3.8, 4) is 0 Å². The van der Waals surface area contributed by atoms with Gasteiger partial charge >= 0.3 is 0 Å². The molecule has 3 heterocycles. The van der Waals surface area contributed by atoms with Gasteiger partial charge in [-0.05, 0) is 31.0 Å². The smallest absolute Gasteiger partial charge is 0.226 e. The summed E-state index contributed by atoms with van der Waals surface area (Å²) in [5.41, 5.74) is 6.24. The first-order valence-corrected chi connectivity index (χ1v) is 9.30. The number of hydrogen-bond acceptors (Lipinski definition) is 3. The highest BCUT2D eigenvalue weighted by molar-refractivity contribution is 5.99. The third kappa shape index (κ3) is 1.91. The van der Waals surface area contributed by atoms with E-state index in [2.05, 4.69) is 65.6 Å². The number of para-hydroxylation sites is 2. The van der Waals surface area contributed by atoms with E-state index in [0.717, 1.165) is 5.69 Å². The van der Waals surface area contributed by atoms with E-state index < -0.39 is 0 Å². The van der Waals surface area contributed by atoms with Gasteiger partial charge in [-0.1, -0.05) is 43.7 Å². The molecule has 4 nitrogen and oxygen atoms in total. The van der Waals surface area contributed by atoms with Crippen LogP contribution in [0.1, 0.15) is 56.2 Å². The second kappa shape index (κ2) is 5.25. The van der Waals surface area contributed by atoms with Crippen molar-refractivity contribution in [3.05, 3.63) is 53.6 Å². The van der Waals surface area contributed by atoms with Crippen LogP contribution in [0.4, 0.5) is 17.1 Å². The summed E-state index contributed by atoms with van der Waals surface area (Å²) in [7, 11) is 0. The predicted octanol–water partition coefficient (Wildman–Crippen LogP) is 4.60. The molecule has 1 amide bonds.